The van der Waals surface area contributed by atoms with Crippen molar-refractivity contribution in [2.24, 2.45) is 0 Å². The van der Waals surface area contributed by atoms with Crippen molar-refractivity contribution >= 4 is 41.6 Å². The van der Waals surface area contributed by atoms with Gasteiger partial charge in [0.15, 0.2) is 0 Å². The quantitative estimate of drug-likeness (QED) is 0.777. The first-order chi connectivity index (χ1) is 11.2. The molecule has 1 fully saturated rings. The number of aryl methyl sites for hydroxylation is 1. The molecular weight excluding hydrogens is 359 g/mol. The fourth-order valence-corrected chi connectivity index (χ4v) is 2.96. The Kier molecular flexibility index (Phi) is 9.14. The maximum atomic E-state index is 12.4. The highest BCUT2D eigenvalue weighted by Crippen LogP contribution is 2.17. The number of fused-ring (bicyclic) bond motifs is 1. The van der Waals surface area contributed by atoms with E-state index in [9.17, 15) is 4.79 Å². The van der Waals surface area contributed by atoms with Crippen LogP contribution in [0.15, 0.2) is 30.3 Å². The van der Waals surface area contributed by atoms with Gasteiger partial charge in [-0.25, -0.2) is 0 Å². The zero-order valence-electron chi connectivity index (χ0n) is 14.5. The average Bonchev–Trinajstić information content (AvgIpc) is 2.59. The largest absolute Gasteiger partial charge is 0.352 e. The van der Waals surface area contributed by atoms with Gasteiger partial charge in [0.25, 0.3) is 5.91 Å². The molecule has 1 aromatic heterocycles. The standard InChI is InChI=1S/C18H24N4O.2ClH/c1-14-6-7-15-4-2-5-16(17(15)21-14)18(23)20-8-3-11-22-12-9-19-10-13-22;;/h2,4-7,19H,3,8-13H2,1H3,(H,20,23);2*1H. The normalized spacial score (nSPS) is 14.4. The molecule has 7 heteroatoms. The molecule has 2 aromatic rings. The van der Waals surface area contributed by atoms with Gasteiger partial charge < -0.3 is 15.5 Å². The van der Waals surface area contributed by atoms with E-state index in [1.54, 1.807) is 0 Å². The van der Waals surface area contributed by atoms with E-state index >= 15 is 0 Å². The summed E-state index contributed by atoms with van der Waals surface area (Å²) in [5.74, 6) is -0.0333. The molecule has 1 aliphatic rings. The highest BCUT2D eigenvalue weighted by Gasteiger charge is 2.12. The van der Waals surface area contributed by atoms with E-state index in [-0.39, 0.29) is 30.7 Å². The van der Waals surface area contributed by atoms with Crippen molar-refractivity contribution in [1.29, 1.82) is 0 Å². The van der Waals surface area contributed by atoms with Crippen molar-refractivity contribution < 1.29 is 4.79 Å². The summed E-state index contributed by atoms with van der Waals surface area (Å²) < 4.78 is 0. The Morgan fingerprint density at radius 1 is 1.20 bits per heavy atom. The molecule has 0 radical (unpaired) electrons. The summed E-state index contributed by atoms with van der Waals surface area (Å²) in [6.07, 6.45) is 0.975. The van der Waals surface area contributed by atoms with Crippen LogP contribution in [0.1, 0.15) is 22.5 Å². The van der Waals surface area contributed by atoms with Crippen LogP contribution in [-0.2, 0) is 0 Å². The molecule has 0 aliphatic carbocycles. The lowest BCUT2D eigenvalue weighted by Gasteiger charge is -2.27. The summed E-state index contributed by atoms with van der Waals surface area (Å²) in [6.45, 7) is 8.00. The number of halogens is 2. The highest BCUT2D eigenvalue weighted by molar-refractivity contribution is 6.05. The smallest absolute Gasteiger partial charge is 0.253 e. The third-order valence-corrected chi connectivity index (χ3v) is 4.25. The summed E-state index contributed by atoms with van der Waals surface area (Å²) >= 11 is 0. The van der Waals surface area contributed by atoms with Crippen molar-refractivity contribution in [3.63, 3.8) is 0 Å². The third-order valence-electron chi connectivity index (χ3n) is 4.25. The summed E-state index contributed by atoms with van der Waals surface area (Å²) in [4.78, 5) is 19.4. The minimum Gasteiger partial charge on any atom is -0.352 e. The minimum atomic E-state index is -0.0333. The molecule has 2 heterocycles. The number of nitrogens with zero attached hydrogens (tertiary/aromatic N) is 2. The molecule has 3 rings (SSSR count). The number of pyridine rings is 1. The number of hydrogen-bond donors (Lipinski definition) is 2. The number of para-hydroxylation sites is 1. The van der Waals surface area contributed by atoms with Gasteiger partial charge in [-0.15, -0.1) is 24.8 Å². The Bertz CT molecular complexity index is 690. The topological polar surface area (TPSA) is 57.3 Å². The van der Waals surface area contributed by atoms with Gasteiger partial charge in [0.1, 0.15) is 0 Å². The van der Waals surface area contributed by atoms with E-state index in [1.165, 1.54) is 0 Å². The molecule has 1 aliphatic heterocycles. The van der Waals surface area contributed by atoms with Crippen molar-refractivity contribution in [2.75, 3.05) is 39.3 Å². The maximum Gasteiger partial charge on any atom is 0.253 e. The number of carbonyl (C=O) groups excluding carboxylic acids is 1. The fourth-order valence-electron chi connectivity index (χ4n) is 2.96. The average molecular weight is 385 g/mol. The number of aromatic nitrogens is 1. The maximum absolute atomic E-state index is 12.4. The van der Waals surface area contributed by atoms with Crippen molar-refractivity contribution in [3.8, 4) is 0 Å². The highest BCUT2D eigenvalue weighted by atomic mass is 35.5. The molecule has 5 nitrogen and oxygen atoms in total. The molecule has 0 spiro atoms. The SMILES string of the molecule is Cc1ccc2cccc(C(=O)NCCCN3CCNCC3)c2n1.Cl.Cl. The van der Waals surface area contributed by atoms with Crippen LogP contribution in [0.4, 0.5) is 0 Å². The van der Waals surface area contributed by atoms with Gasteiger partial charge in [-0.3, -0.25) is 9.78 Å². The summed E-state index contributed by atoms with van der Waals surface area (Å²) in [5.41, 5.74) is 2.37. The lowest BCUT2D eigenvalue weighted by atomic mass is 10.1. The third kappa shape index (κ3) is 5.82. The first-order valence-electron chi connectivity index (χ1n) is 8.32. The number of nitrogens with one attached hydrogen (secondary N) is 2. The molecule has 0 atom stereocenters. The molecule has 2 N–H and O–H groups in total. The van der Waals surface area contributed by atoms with Gasteiger partial charge >= 0.3 is 0 Å². The van der Waals surface area contributed by atoms with Gasteiger partial charge in [0.2, 0.25) is 0 Å². The van der Waals surface area contributed by atoms with Gasteiger partial charge in [-0.1, -0.05) is 18.2 Å². The number of hydrogen-bond acceptors (Lipinski definition) is 4. The van der Waals surface area contributed by atoms with Crippen LogP contribution >= 0.6 is 24.8 Å². The molecule has 1 saturated heterocycles. The molecule has 0 bridgehead atoms. The van der Waals surface area contributed by atoms with Crippen LogP contribution in [0, 0.1) is 6.92 Å². The van der Waals surface area contributed by atoms with Crippen LogP contribution in [0.3, 0.4) is 0 Å². The van der Waals surface area contributed by atoms with Crippen LogP contribution in [0.5, 0.6) is 0 Å². The lowest BCUT2D eigenvalue weighted by molar-refractivity contribution is 0.0952. The number of piperazine rings is 1. The number of carbonyl (C=O) groups is 1. The minimum absolute atomic E-state index is 0. The van der Waals surface area contributed by atoms with E-state index in [0.717, 1.165) is 55.7 Å². The Hall–Kier alpha value is -1.40. The van der Waals surface area contributed by atoms with Crippen LogP contribution in [-0.4, -0.2) is 55.1 Å². The van der Waals surface area contributed by atoms with Gasteiger partial charge in [-0.2, -0.15) is 0 Å². The van der Waals surface area contributed by atoms with Gasteiger partial charge in [0.05, 0.1) is 11.1 Å². The fraction of sp³-hybridized carbons (Fsp3) is 0.444. The predicted molar refractivity (Wildman–Crippen MR) is 107 cm³/mol. The first kappa shape index (κ1) is 21.6. The Balaban J connectivity index is 0.00000156. The zero-order chi connectivity index (χ0) is 16.1. The Labute approximate surface area is 161 Å². The molecule has 0 unspecified atom stereocenters. The lowest BCUT2D eigenvalue weighted by Crippen LogP contribution is -2.44. The van der Waals surface area contributed by atoms with E-state index in [0.29, 0.717) is 12.1 Å². The van der Waals surface area contributed by atoms with E-state index in [4.69, 9.17) is 0 Å². The predicted octanol–water partition coefficient (Wildman–Crippen LogP) is 2.41. The van der Waals surface area contributed by atoms with Crippen LogP contribution in [0.25, 0.3) is 10.9 Å². The Morgan fingerprint density at radius 2 is 1.96 bits per heavy atom. The second-order valence-electron chi connectivity index (χ2n) is 6.03. The molecule has 1 amide bonds. The molecule has 1 aromatic carbocycles. The monoisotopic (exact) mass is 384 g/mol. The van der Waals surface area contributed by atoms with Crippen molar-refractivity contribution in [1.82, 2.24) is 20.5 Å². The van der Waals surface area contributed by atoms with Gasteiger partial charge in [0, 0.05) is 43.8 Å². The molecular formula is C18H26Cl2N4O. The van der Waals surface area contributed by atoms with E-state index in [2.05, 4.69) is 20.5 Å². The molecule has 138 valence electrons. The van der Waals surface area contributed by atoms with Crippen LogP contribution in [0.2, 0.25) is 0 Å². The summed E-state index contributed by atoms with van der Waals surface area (Å²) in [7, 11) is 0. The Morgan fingerprint density at radius 3 is 2.72 bits per heavy atom. The summed E-state index contributed by atoms with van der Waals surface area (Å²) in [6, 6.07) is 9.73. The summed E-state index contributed by atoms with van der Waals surface area (Å²) in [5, 5.41) is 7.38. The molecule has 25 heavy (non-hydrogen) atoms. The second-order valence-corrected chi connectivity index (χ2v) is 6.03. The van der Waals surface area contributed by atoms with Gasteiger partial charge in [-0.05, 0) is 32.0 Å². The number of benzene rings is 1. The van der Waals surface area contributed by atoms with Crippen LogP contribution < -0.4 is 10.6 Å². The zero-order valence-corrected chi connectivity index (χ0v) is 16.1. The van der Waals surface area contributed by atoms with Crippen molar-refractivity contribution in [2.45, 2.75) is 13.3 Å². The van der Waals surface area contributed by atoms with E-state index < -0.39 is 0 Å². The number of amides is 1. The van der Waals surface area contributed by atoms with Crippen molar-refractivity contribution in [3.05, 3.63) is 41.6 Å². The molecule has 0 saturated carbocycles. The van der Waals surface area contributed by atoms with E-state index in [1.807, 2.05) is 37.3 Å². The number of rotatable bonds is 5. The second kappa shape index (κ2) is 10.6. The first-order valence-corrected chi connectivity index (χ1v) is 8.32.